The van der Waals surface area contributed by atoms with Gasteiger partial charge in [-0.05, 0) is 55.0 Å². The molecule has 4 rings (SSSR count). The summed E-state index contributed by atoms with van der Waals surface area (Å²) in [6.07, 6.45) is 2.93. The fraction of sp³-hybridized carbons (Fsp3) is 0.269. The number of anilines is 2. The summed E-state index contributed by atoms with van der Waals surface area (Å²) < 4.78 is 16.7. The molecular weight excluding hydrogens is 510 g/mol. The fourth-order valence-electron chi connectivity index (χ4n) is 3.82. The predicted octanol–water partition coefficient (Wildman–Crippen LogP) is 2.81. The van der Waals surface area contributed by atoms with Crippen LogP contribution in [0.5, 0.6) is 17.4 Å². The number of aromatic amines is 1. The Kier molecular flexibility index (Phi) is 8.74. The van der Waals surface area contributed by atoms with E-state index in [-0.39, 0.29) is 18.3 Å². The van der Waals surface area contributed by atoms with Gasteiger partial charge in [-0.2, -0.15) is 4.98 Å². The summed E-state index contributed by atoms with van der Waals surface area (Å²) in [5.41, 5.74) is 0.236. The highest BCUT2D eigenvalue weighted by molar-refractivity contribution is 5.92. The number of morpholine rings is 1. The van der Waals surface area contributed by atoms with Crippen molar-refractivity contribution in [1.82, 2.24) is 9.97 Å². The van der Waals surface area contributed by atoms with Gasteiger partial charge in [-0.3, -0.25) is 19.7 Å². The Balaban J connectivity index is 1.37. The van der Waals surface area contributed by atoms with Crippen molar-refractivity contribution in [3.05, 3.63) is 74.3 Å². The molecule has 2 aromatic carbocycles. The van der Waals surface area contributed by atoms with E-state index in [0.717, 1.165) is 18.8 Å². The average Bonchev–Trinajstić information content (AvgIpc) is 2.92. The normalized spacial score (nSPS) is 13.3. The number of nitro groups is 1. The van der Waals surface area contributed by atoms with Gasteiger partial charge in [0.25, 0.3) is 11.8 Å². The molecule has 204 valence electrons. The number of hydrogen-bond acceptors (Lipinski definition) is 10. The number of nitrogens with one attached hydrogen (secondary N) is 2. The number of ether oxygens (including phenoxy) is 3. The van der Waals surface area contributed by atoms with Gasteiger partial charge in [-0.25, -0.2) is 0 Å². The number of aromatic hydroxyl groups is 1. The summed E-state index contributed by atoms with van der Waals surface area (Å²) in [5.74, 6) is -0.653. The lowest BCUT2D eigenvalue weighted by atomic mass is 10.2. The van der Waals surface area contributed by atoms with Gasteiger partial charge in [0, 0.05) is 24.5 Å². The molecule has 0 spiro atoms. The molecule has 0 radical (unpaired) electrons. The smallest absolute Gasteiger partial charge is 0.395 e. The Morgan fingerprint density at radius 1 is 1.18 bits per heavy atom. The van der Waals surface area contributed by atoms with Crippen LogP contribution in [0.25, 0.3) is 12.2 Å². The van der Waals surface area contributed by atoms with Crippen LogP contribution < -0.4 is 25.2 Å². The van der Waals surface area contributed by atoms with Gasteiger partial charge >= 0.3 is 11.2 Å². The Morgan fingerprint density at radius 3 is 2.59 bits per heavy atom. The van der Waals surface area contributed by atoms with E-state index in [9.17, 15) is 24.8 Å². The lowest BCUT2D eigenvalue weighted by Gasteiger charge is -2.28. The highest BCUT2D eigenvalue weighted by Gasteiger charge is 2.21. The van der Waals surface area contributed by atoms with E-state index in [1.807, 2.05) is 24.3 Å². The maximum absolute atomic E-state index is 12.5. The Morgan fingerprint density at radius 2 is 1.92 bits per heavy atom. The van der Waals surface area contributed by atoms with E-state index >= 15 is 0 Å². The zero-order valence-electron chi connectivity index (χ0n) is 21.1. The maximum atomic E-state index is 12.5. The number of hydrogen-bond donors (Lipinski definition) is 3. The first kappa shape index (κ1) is 27.1. The molecule has 0 aliphatic carbocycles. The second kappa shape index (κ2) is 12.6. The van der Waals surface area contributed by atoms with Crippen LogP contribution in [0.1, 0.15) is 18.3 Å². The number of nitrogens with zero attached hydrogens (tertiary/aromatic N) is 3. The molecular formula is C26H27N5O8. The fourth-order valence-corrected chi connectivity index (χ4v) is 3.82. The van der Waals surface area contributed by atoms with E-state index in [1.165, 1.54) is 6.08 Å². The van der Waals surface area contributed by atoms with Crippen LogP contribution in [0.2, 0.25) is 0 Å². The third-order valence-electron chi connectivity index (χ3n) is 5.66. The zero-order chi connectivity index (χ0) is 27.8. The third-order valence-corrected chi connectivity index (χ3v) is 5.66. The van der Waals surface area contributed by atoms with E-state index in [0.29, 0.717) is 42.6 Å². The Hall–Kier alpha value is -4.91. The van der Waals surface area contributed by atoms with Crippen LogP contribution in [0.3, 0.4) is 0 Å². The molecule has 1 aromatic heterocycles. The van der Waals surface area contributed by atoms with Gasteiger partial charge in [0.05, 0.1) is 24.7 Å². The lowest BCUT2D eigenvalue weighted by Crippen LogP contribution is -2.36. The van der Waals surface area contributed by atoms with E-state index in [4.69, 9.17) is 14.2 Å². The van der Waals surface area contributed by atoms with Crippen molar-refractivity contribution in [2.45, 2.75) is 6.92 Å². The number of aromatic nitrogens is 2. The van der Waals surface area contributed by atoms with Crippen molar-refractivity contribution in [3.8, 4) is 17.4 Å². The summed E-state index contributed by atoms with van der Waals surface area (Å²) >= 11 is 0. The van der Waals surface area contributed by atoms with Crippen molar-refractivity contribution < 1.29 is 29.0 Å². The van der Waals surface area contributed by atoms with E-state index < -0.39 is 22.0 Å². The van der Waals surface area contributed by atoms with Crippen molar-refractivity contribution in [3.63, 3.8) is 0 Å². The van der Waals surface area contributed by atoms with Gasteiger partial charge in [-0.15, -0.1) is 0 Å². The van der Waals surface area contributed by atoms with Crippen molar-refractivity contribution in [2.24, 2.45) is 0 Å². The van der Waals surface area contributed by atoms with Gasteiger partial charge < -0.3 is 34.5 Å². The van der Waals surface area contributed by atoms with Crippen molar-refractivity contribution in [1.29, 1.82) is 0 Å². The van der Waals surface area contributed by atoms with Gasteiger partial charge in [0.2, 0.25) is 0 Å². The predicted molar refractivity (Wildman–Crippen MR) is 143 cm³/mol. The summed E-state index contributed by atoms with van der Waals surface area (Å²) in [6.45, 7) is 4.94. The minimum absolute atomic E-state index is 0.0731. The zero-order valence-corrected chi connectivity index (χ0v) is 21.1. The van der Waals surface area contributed by atoms with Crippen molar-refractivity contribution in [2.75, 3.05) is 49.7 Å². The highest BCUT2D eigenvalue weighted by atomic mass is 16.6. The van der Waals surface area contributed by atoms with Crippen LogP contribution >= 0.6 is 0 Å². The van der Waals surface area contributed by atoms with Crippen molar-refractivity contribution >= 4 is 35.1 Å². The molecule has 1 saturated heterocycles. The van der Waals surface area contributed by atoms with Gasteiger partial charge in [0.1, 0.15) is 5.82 Å². The average molecular weight is 538 g/mol. The molecule has 2 heterocycles. The van der Waals surface area contributed by atoms with E-state index in [1.54, 1.807) is 31.2 Å². The molecule has 1 aliphatic heterocycles. The Bertz CT molecular complexity index is 1410. The molecule has 0 unspecified atom stereocenters. The molecule has 39 heavy (non-hydrogen) atoms. The Labute approximate surface area is 222 Å². The number of carbonyl (C=O) groups excluding carboxylic acids is 1. The van der Waals surface area contributed by atoms with Crippen LogP contribution in [-0.2, 0) is 9.53 Å². The minimum Gasteiger partial charge on any atom is -0.490 e. The molecule has 1 aliphatic rings. The molecule has 13 nitrogen and oxygen atoms in total. The molecule has 1 amide bonds. The second-order valence-electron chi connectivity index (χ2n) is 8.34. The lowest BCUT2D eigenvalue weighted by molar-refractivity contribution is -0.387. The number of amides is 1. The minimum atomic E-state index is -1.07. The standard InChI is InChI=1S/C26H27N5O8/c1-2-38-21-15-17(4-10-22-28-25(33)24(31(35)36)26(34)29-22)3-9-20(21)39-16-23(32)27-18-5-7-19(8-6-18)30-11-13-37-14-12-30/h3-10,15H,2,11-14,16H2,1H3,(H,27,32)(H2,28,29,33,34)/b10-4+. The molecule has 3 N–H and O–H groups in total. The molecule has 13 heteroatoms. The SMILES string of the molecule is CCOc1cc(/C=C/c2nc(O)c([N+](=O)[O-])c(=O)[nH]2)ccc1OCC(=O)Nc1ccc(N2CCOCC2)cc1. The molecule has 3 aromatic rings. The molecule has 1 fully saturated rings. The topological polar surface area (TPSA) is 169 Å². The molecule has 0 atom stereocenters. The van der Waals surface area contributed by atoms with Gasteiger partial charge in [0.15, 0.2) is 18.1 Å². The first-order valence-electron chi connectivity index (χ1n) is 12.1. The van der Waals surface area contributed by atoms with Crippen LogP contribution in [0, 0.1) is 10.1 Å². The molecule has 0 saturated carbocycles. The number of benzene rings is 2. The maximum Gasteiger partial charge on any atom is 0.395 e. The molecule has 0 bridgehead atoms. The third kappa shape index (κ3) is 7.11. The summed E-state index contributed by atoms with van der Waals surface area (Å²) in [7, 11) is 0. The number of H-pyrrole nitrogens is 1. The second-order valence-corrected chi connectivity index (χ2v) is 8.34. The number of carbonyl (C=O) groups is 1. The van der Waals surface area contributed by atoms with Crippen LogP contribution in [0.15, 0.2) is 47.3 Å². The summed E-state index contributed by atoms with van der Waals surface area (Å²) in [5, 5.41) is 23.3. The quantitative estimate of drug-likeness (QED) is 0.258. The summed E-state index contributed by atoms with van der Waals surface area (Å²) in [6, 6.07) is 12.5. The van der Waals surface area contributed by atoms with E-state index in [2.05, 4.69) is 20.2 Å². The summed E-state index contributed by atoms with van der Waals surface area (Å²) in [4.78, 5) is 42.2. The first-order valence-corrected chi connectivity index (χ1v) is 12.1. The van der Waals surface area contributed by atoms with Gasteiger partial charge in [-0.1, -0.05) is 12.1 Å². The largest absolute Gasteiger partial charge is 0.490 e. The first-order chi connectivity index (χ1) is 18.8. The van der Waals surface area contributed by atoms with Crippen LogP contribution in [-0.4, -0.2) is 65.4 Å². The monoisotopic (exact) mass is 537 g/mol. The number of rotatable bonds is 10. The van der Waals surface area contributed by atoms with Crippen LogP contribution in [0.4, 0.5) is 17.1 Å². The highest BCUT2D eigenvalue weighted by Crippen LogP contribution is 2.29.